The first-order valence-electron chi connectivity index (χ1n) is 7.82. The molecule has 0 aliphatic heterocycles. The van der Waals surface area contributed by atoms with Gasteiger partial charge in [0, 0.05) is 12.4 Å². The van der Waals surface area contributed by atoms with Gasteiger partial charge in [0.05, 0.1) is 21.6 Å². The average molecular weight is 365 g/mol. The predicted molar refractivity (Wildman–Crippen MR) is 103 cm³/mol. The molecule has 124 valence electrons. The number of anilines is 1. The molecule has 25 heavy (non-hydrogen) atoms. The molecule has 4 aromatic rings. The summed E-state index contributed by atoms with van der Waals surface area (Å²) in [5.41, 5.74) is 3.08. The molecule has 0 saturated heterocycles. The molecule has 0 spiro atoms. The number of aromatic nitrogens is 2. The Kier molecular flexibility index (Phi) is 4.29. The summed E-state index contributed by atoms with van der Waals surface area (Å²) in [7, 11) is 0. The first-order chi connectivity index (χ1) is 12.2. The smallest absolute Gasteiger partial charge is 0.270 e. The molecule has 3 heterocycles. The van der Waals surface area contributed by atoms with E-state index in [1.54, 1.807) is 28.6 Å². The van der Waals surface area contributed by atoms with Crippen molar-refractivity contribution in [2.45, 2.75) is 13.5 Å². The number of rotatable bonds is 4. The Balaban J connectivity index is 1.76. The first kappa shape index (κ1) is 15.9. The number of benzene rings is 1. The van der Waals surface area contributed by atoms with E-state index in [1.807, 2.05) is 41.8 Å². The van der Waals surface area contributed by atoms with E-state index >= 15 is 0 Å². The summed E-state index contributed by atoms with van der Waals surface area (Å²) >= 11 is 2.99. The standard InChI is InChI=1S/C19H15N3OS2/c1-13-6-7-15-17(10-13)25-19(21-15)22(12-14-4-2-8-20-11-14)18(23)16-5-3-9-24-16/h2-11H,12H2,1H3. The van der Waals surface area contributed by atoms with Crippen molar-refractivity contribution in [3.8, 4) is 0 Å². The minimum absolute atomic E-state index is 0.0327. The molecule has 0 saturated carbocycles. The Morgan fingerprint density at radius 1 is 1.20 bits per heavy atom. The van der Waals surface area contributed by atoms with E-state index in [4.69, 9.17) is 0 Å². The first-order valence-corrected chi connectivity index (χ1v) is 9.52. The minimum atomic E-state index is -0.0327. The number of aryl methyl sites for hydroxylation is 1. The minimum Gasteiger partial charge on any atom is -0.279 e. The van der Waals surface area contributed by atoms with Crippen molar-refractivity contribution in [2.75, 3.05) is 4.90 Å². The highest BCUT2D eigenvalue weighted by Crippen LogP contribution is 2.31. The van der Waals surface area contributed by atoms with Gasteiger partial charge in [0.25, 0.3) is 5.91 Å². The van der Waals surface area contributed by atoms with Crippen molar-refractivity contribution in [2.24, 2.45) is 0 Å². The van der Waals surface area contributed by atoms with Crippen molar-refractivity contribution < 1.29 is 4.79 Å². The number of carbonyl (C=O) groups is 1. The predicted octanol–water partition coefficient (Wildman–Crippen LogP) is 4.91. The summed E-state index contributed by atoms with van der Waals surface area (Å²) in [4.78, 5) is 24.3. The number of fused-ring (bicyclic) bond motifs is 1. The third-order valence-corrected chi connectivity index (χ3v) is 5.70. The quantitative estimate of drug-likeness (QED) is 0.516. The van der Waals surface area contributed by atoms with Crippen LogP contribution < -0.4 is 4.90 Å². The van der Waals surface area contributed by atoms with Gasteiger partial charge < -0.3 is 0 Å². The molecule has 1 aromatic carbocycles. The van der Waals surface area contributed by atoms with Crippen LogP contribution in [-0.4, -0.2) is 15.9 Å². The van der Waals surface area contributed by atoms with E-state index in [0.717, 1.165) is 15.8 Å². The van der Waals surface area contributed by atoms with Crippen molar-refractivity contribution in [3.05, 3.63) is 76.2 Å². The highest BCUT2D eigenvalue weighted by molar-refractivity contribution is 7.22. The maximum absolute atomic E-state index is 13.0. The van der Waals surface area contributed by atoms with Crippen LogP contribution in [0.1, 0.15) is 20.8 Å². The number of nitrogens with zero attached hydrogens (tertiary/aromatic N) is 3. The molecule has 0 fully saturated rings. The van der Waals surface area contributed by atoms with Crippen molar-refractivity contribution in [1.82, 2.24) is 9.97 Å². The van der Waals surface area contributed by atoms with Gasteiger partial charge in [0.2, 0.25) is 0 Å². The fourth-order valence-electron chi connectivity index (χ4n) is 2.57. The summed E-state index contributed by atoms with van der Waals surface area (Å²) in [5.74, 6) is -0.0327. The van der Waals surface area contributed by atoms with E-state index < -0.39 is 0 Å². The molecular weight excluding hydrogens is 350 g/mol. The number of pyridine rings is 1. The van der Waals surface area contributed by atoms with Crippen LogP contribution in [0.3, 0.4) is 0 Å². The van der Waals surface area contributed by atoms with Gasteiger partial charge in [-0.2, -0.15) is 0 Å². The molecule has 0 unspecified atom stereocenters. The summed E-state index contributed by atoms with van der Waals surface area (Å²) in [6.07, 6.45) is 3.52. The lowest BCUT2D eigenvalue weighted by Crippen LogP contribution is -2.29. The fourth-order valence-corrected chi connectivity index (χ4v) is 4.30. The van der Waals surface area contributed by atoms with Gasteiger partial charge in [-0.3, -0.25) is 14.7 Å². The van der Waals surface area contributed by atoms with E-state index in [2.05, 4.69) is 23.0 Å². The summed E-state index contributed by atoms with van der Waals surface area (Å²) in [6.45, 7) is 2.51. The molecule has 0 bridgehead atoms. The van der Waals surface area contributed by atoms with Crippen LogP contribution in [0.25, 0.3) is 10.2 Å². The lowest BCUT2D eigenvalue weighted by Gasteiger charge is -2.19. The third kappa shape index (κ3) is 3.31. The van der Waals surface area contributed by atoms with Gasteiger partial charge in [0.15, 0.2) is 5.13 Å². The zero-order valence-corrected chi connectivity index (χ0v) is 15.2. The zero-order chi connectivity index (χ0) is 17.2. The molecule has 6 heteroatoms. The molecule has 3 aromatic heterocycles. The molecule has 0 aliphatic carbocycles. The zero-order valence-electron chi connectivity index (χ0n) is 13.5. The van der Waals surface area contributed by atoms with Gasteiger partial charge in [0.1, 0.15) is 0 Å². The SMILES string of the molecule is Cc1ccc2nc(N(Cc3cccnc3)C(=O)c3cccs3)sc2c1. The molecule has 0 N–H and O–H groups in total. The van der Waals surface area contributed by atoms with Crippen molar-refractivity contribution in [3.63, 3.8) is 0 Å². The Bertz CT molecular complexity index is 1010. The van der Waals surface area contributed by atoms with Crippen molar-refractivity contribution >= 4 is 43.9 Å². The van der Waals surface area contributed by atoms with E-state index in [0.29, 0.717) is 16.6 Å². The maximum atomic E-state index is 13.0. The van der Waals surface area contributed by atoms with Crippen molar-refractivity contribution in [1.29, 1.82) is 0 Å². The second kappa shape index (κ2) is 6.74. The summed E-state index contributed by atoms with van der Waals surface area (Å²) < 4.78 is 1.09. The van der Waals surface area contributed by atoms with Crippen LogP contribution >= 0.6 is 22.7 Å². The van der Waals surface area contributed by atoms with Crippen LogP contribution in [0.2, 0.25) is 0 Å². The largest absolute Gasteiger partial charge is 0.279 e. The Hall–Kier alpha value is -2.57. The second-order valence-corrected chi connectivity index (χ2v) is 7.65. The average Bonchev–Trinajstić information content (AvgIpc) is 3.29. The lowest BCUT2D eigenvalue weighted by molar-refractivity contribution is 0.0989. The number of thiazole rings is 1. The number of carbonyl (C=O) groups excluding carboxylic acids is 1. The second-order valence-electron chi connectivity index (χ2n) is 5.70. The Morgan fingerprint density at radius 2 is 2.12 bits per heavy atom. The van der Waals surface area contributed by atoms with Crippen LogP contribution in [0, 0.1) is 6.92 Å². The van der Waals surface area contributed by atoms with E-state index in [1.165, 1.54) is 16.9 Å². The third-order valence-electron chi connectivity index (χ3n) is 3.80. The molecular formula is C19H15N3OS2. The van der Waals surface area contributed by atoms with Gasteiger partial charge in [-0.1, -0.05) is 29.5 Å². The molecule has 4 rings (SSSR count). The number of hydrogen-bond donors (Lipinski definition) is 0. The van der Waals surface area contributed by atoms with Crippen LogP contribution in [-0.2, 0) is 6.54 Å². The van der Waals surface area contributed by atoms with E-state index in [-0.39, 0.29) is 5.91 Å². The van der Waals surface area contributed by atoms with Gasteiger partial charge >= 0.3 is 0 Å². The van der Waals surface area contributed by atoms with Crippen LogP contribution in [0.4, 0.5) is 5.13 Å². The maximum Gasteiger partial charge on any atom is 0.270 e. The topological polar surface area (TPSA) is 46.1 Å². The molecule has 1 amide bonds. The fraction of sp³-hybridized carbons (Fsp3) is 0.105. The highest BCUT2D eigenvalue weighted by atomic mass is 32.1. The van der Waals surface area contributed by atoms with Crippen LogP contribution in [0.15, 0.2) is 60.2 Å². The summed E-state index contributed by atoms with van der Waals surface area (Å²) in [5, 5.41) is 2.62. The highest BCUT2D eigenvalue weighted by Gasteiger charge is 2.22. The molecule has 4 nitrogen and oxygen atoms in total. The molecule has 0 aliphatic rings. The molecule has 0 radical (unpaired) electrons. The van der Waals surface area contributed by atoms with Crippen LogP contribution in [0.5, 0.6) is 0 Å². The Labute approximate surface area is 153 Å². The number of amides is 1. The van der Waals surface area contributed by atoms with Gasteiger partial charge in [-0.15, -0.1) is 11.3 Å². The van der Waals surface area contributed by atoms with E-state index in [9.17, 15) is 4.79 Å². The molecule has 0 atom stereocenters. The number of thiophene rings is 1. The monoisotopic (exact) mass is 365 g/mol. The number of hydrogen-bond acceptors (Lipinski definition) is 5. The van der Waals surface area contributed by atoms with Gasteiger partial charge in [-0.05, 0) is 47.7 Å². The normalized spacial score (nSPS) is 10.9. The summed E-state index contributed by atoms with van der Waals surface area (Å²) in [6, 6.07) is 13.7. The Morgan fingerprint density at radius 3 is 2.88 bits per heavy atom. The lowest BCUT2D eigenvalue weighted by atomic mass is 10.2. The van der Waals surface area contributed by atoms with Gasteiger partial charge in [-0.25, -0.2) is 4.98 Å².